The SMILES string of the molecule is CNC(c1ccc(Br)cc1Br)c1cc(Cl)sc1Cl. The third-order valence-corrected chi connectivity index (χ3v) is 5.25. The van der Waals surface area contributed by atoms with Gasteiger partial charge in [0.2, 0.25) is 0 Å². The van der Waals surface area contributed by atoms with Crippen molar-refractivity contribution in [1.82, 2.24) is 5.32 Å². The quantitative estimate of drug-likeness (QED) is 0.641. The van der Waals surface area contributed by atoms with Crippen LogP contribution in [0.15, 0.2) is 33.2 Å². The Balaban J connectivity index is 2.48. The minimum Gasteiger partial charge on any atom is -0.309 e. The fourth-order valence-corrected chi connectivity index (χ4v) is 4.57. The third kappa shape index (κ3) is 3.11. The summed E-state index contributed by atoms with van der Waals surface area (Å²) in [7, 11) is 1.90. The minimum absolute atomic E-state index is 0.0173. The van der Waals surface area contributed by atoms with E-state index in [9.17, 15) is 0 Å². The largest absolute Gasteiger partial charge is 0.309 e. The van der Waals surface area contributed by atoms with Gasteiger partial charge in [0.15, 0.2) is 0 Å². The topological polar surface area (TPSA) is 12.0 Å². The molecule has 0 bridgehead atoms. The lowest BCUT2D eigenvalue weighted by Gasteiger charge is -2.18. The molecule has 2 rings (SSSR count). The van der Waals surface area contributed by atoms with Gasteiger partial charge >= 0.3 is 0 Å². The molecule has 0 aliphatic rings. The number of hydrogen-bond acceptors (Lipinski definition) is 2. The molecular formula is C12H9Br2Cl2NS. The maximum atomic E-state index is 6.22. The summed E-state index contributed by atoms with van der Waals surface area (Å²) < 4.78 is 3.47. The fraction of sp³-hybridized carbons (Fsp3) is 0.167. The van der Waals surface area contributed by atoms with Gasteiger partial charge in [-0.25, -0.2) is 0 Å². The van der Waals surface area contributed by atoms with Crippen LogP contribution in [0.4, 0.5) is 0 Å². The van der Waals surface area contributed by atoms with Crippen LogP contribution < -0.4 is 5.32 Å². The van der Waals surface area contributed by atoms with E-state index in [1.807, 2.05) is 25.2 Å². The van der Waals surface area contributed by atoms with Crippen molar-refractivity contribution < 1.29 is 0 Å². The molecule has 96 valence electrons. The van der Waals surface area contributed by atoms with Crippen molar-refractivity contribution in [2.75, 3.05) is 7.05 Å². The first-order valence-corrected chi connectivity index (χ1v) is 8.25. The molecule has 0 radical (unpaired) electrons. The summed E-state index contributed by atoms with van der Waals surface area (Å²) in [5.74, 6) is 0. The van der Waals surface area contributed by atoms with Crippen molar-refractivity contribution in [2.45, 2.75) is 6.04 Å². The van der Waals surface area contributed by atoms with Crippen LogP contribution in [0.25, 0.3) is 0 Å². The Morgan fingerprint density at radius 2 is 1.89 bits per heavy atom. The Morgan fingerprint density at radius 1 is 1.17 bits per heavy atom. The lowest BCUT2D eigenvalue weighted by Crippen LogP contribution is -2.17. The highest BCUT2D eigenvalue weighted by Gasteiger charge is 2.20. The molecule has 0 aliphatic carbocycles. The lowest BCUT2D eigenvalue weighted by atomic mass is 10.0. The standard InChI is InChI=1S/C12H9Br2Cl2NS/c1-17-11(8-5-10(15)18-12(8)16)7-3-2-6(13)4-9(7)14/h2-5,11,17H,1H3. The van der Waals surface area contributed by atoms with Crippen molar-refractivity contribution >= 4 is 66.4 Å². The molecule has 0 aliphatic heterocycles. The smallest absolute Gasteiger partial charge is 0.0995 e. The molecule has 0 fully saturated rings. The van der Waals surface area contributed by atoms with Crippen molar-refractivity contribution in [3.63, 3.8) is 0 Å². The second-order valence-corrected chi connectivity index (χ2v) is 7.72. The van der Waals surface area contributed by atoms with E-state index in [1.165, 1.54) is 11.3 Å². The molecule has 0 amide bonds. The van der Waals surface area contributed by atoms with Gasteiger partial charge in [0, 0.05) is 14.5 Å². The number of nitrogens with one attached hydrogen (secondary N) is 1. The Kier molecular flexibility index (Phi) is 5.14. The lowest BCUT2D eigenvalue weighted by molar-refractivity contribution is 0.691. The molecule has 2 aromatic rings. The van der Waals surface area contributed by atoms with E-state index in [0.717, 1.165) is 20.1 Å². The van der Waals surface area contributed by atoms with Gasteiger partial charge in [-0.2, -0.15) is 0 Å². The normalized spacial score (nSPS) is 12.7. The Labute approximate surface area is 137 Å². The Morgan fingerprint density at radius 3 is 2.39 bits per heavy atom. The zero-order valence-corrected chi connectivity index (χ0v) is 14.8. The van der Waals surface area contributed by atoms with Crippen LogP contribution in [0.3, 0.4) is 0 Å². The maximum absolute atomic E-state index is 6.22. The second kappa shape index (κ2) is 6.25. The van der Waals surface area contributed by atoms with Crippen LogP contribution in [0.5, 0.6) is 0 Å². The highest BCUT2D eigenvalue weighted by atomic mass is 79.9. The molecule has 0 saturated heterocycles. The van der Waals surface area contributed by atoms with Crippen LogP contribution in [0.2, 0.25) is 8.67 Å². The van der Waals surface area contributed by atoms with Crippen molar-refractivity contribution in [3.05, 3.63) is 53.0 Å². The van der Waals surface area contributed by atoms with E-state index in [2.05, 4.69) is 43.2 Å². The summed E-state index contributed by atoms with van der Waals surface area (Å²) in [5, 5.41) is 3.27. The average Bonchev–Trinajstić information content (AvgIpc) is 2.62. The molecule has 1 N–H and O–H groups in total. The van der Waals surface area contributed by atoms with Gasteiger partial charge in [-0.1, -0.05) is 61.1 Å². The van der Waals surface area contributed by atoms with Gasteiger partial charge < -0.3 is 5.32 Å². The van der Waals surface area contributed by atoms with Gasteiger partial charge in [-0.15, -0.1) is 11.3 Å². The molecular weight excluding hydrogens is 421 g/mol. The van der Waals surface area contributed by atoms with Crippen LogP contribution in [-0.4, -0.2) is 7.05 Å². The molecule has 0 spiro atoms. The zero-order valence-electron chi connectivity index (χ0n) is 9.31. The van der Waals surface area contributed by atoms with Crippen molar-refractivity contribution in [1.29, 1.82) is 0 Å². The van der Waals surface area contributed by atoms with E-state index >= 15 is 0 Å². The van der Waals surface area contributed by atoms with E-state index in [0.29, 0.717) is 8.67 Å². The van der Waals surface area contributed by atoms with Crippen molar-refractivity contribution in [3.8, 4) is 0 Å². The molecule has 1 aromatic heterocycles. The van der Waals surface area contributed by atoms with Gasteiger partial charge in [0.05, 0.1) is 14.7 Å². The number of rotatable bonds is 3. The highest BCUT2D eigenvalue weighted by molar-refractivity contribution is 9.11. The molecule has 1 unspecified atom stereocenters. The van der Waals surface area contributed by atoms with Gasteiger partial charge in [0.1, 0.15) is 0 Å². The molecule has 1 aromatic carbocycles. The van der Waals surface area contributed by atoms with Gasteiger partial charge in [-0.3, -0.25) is 0 Å². The van der Waals surface area contributed by atoms with Crippen LogP contribution >= 0.6 is 66.4 Å². The monoisotopic (exact) mass is 427 g/mol. The highest BCUT2D eigenvalue weighted by Crippen LogP contribution is 2.39. The number of benzene rings is 1. The van der Waals surface area contributed by atoms with E-state index in [-0.39, 0.29) is 6.04 Å². The van der Waals surface area contributed by atoms with Gasteiger partial charge in [0.25, 0.3) is 0 Å². The predicted molar refractivity (Wildman–Crippen MR) is 87.1 cm³/mol. The van der Waals surface area contributed by atoms with E-state index in [4.69, 9.17) is 23.2 Å². The summed E-state index contributed by atoms with van der Waals surface area (Å²) in [5.41, 5.74) is 2.12. The fourth-order valence-electron chi connectivity index (χ4n) is 1.76. The molecule has 18 heavy (non-hydrogen) atoms. The molecule has 0 saturated carbocycles. The Bertz CT molecular complexity index is 571. The van der Waals surface area contributed by atoms with E-state index < -0.39 is 0 Å². The van der Waals surface area contributed by atoms with E-state index in [1.54, 1.807) is 0 Å². The first-order chi connectivity index (χ1) is 8.52. The van der Waals surface area contributed by atoms with Crippen molar-refractivity contribution in [2.24, 2.45) is 0 Å². The molecule has 6 heteroatoms. The summed E-state index contributed by atoms with van der Waals surface area (Å²) in [6, 6.07) is 8.00. The first-order valence-electron chi connectivity index (χ1n) is 5.10. The second-order valence-electron chi connectivity index (χ2n) is 3.67. The molecule has 1 heterocycles. The number of halogens is 4. The number of thiophene rings is 1. The van der Waals surface area contributed by atoms with Crippen LogP contribution in [0.1, 0.15) is 17.2 Å². The Hall–Kier alpha value is 0.420. The first kappa shape index (κ1) is 14.8. The average molecular weight is 430 g/mol. The predicted octanol–water partition coefficient (Wildman–Crippen LogP) is 5.89. The molecule has 1 atom stereocenters. The summed E-state index contributed by atoms with van der Waals surface area (Å²) in [6.45, 7) is 0. The maximum Gasteiger partial charge on any atom is 0.0995 e. The third-order valence-electron chi connectivity index (χ3n) is 2.56. The minimum atomic E-state index is 0.0173. The summed E-state index contributed by atoms with van der Waals surface area (Å²) in [4.78, 5) is 0. The summed E-state index contributed by atoms with van der Waals surface area (Å²) >= 11 is 20.6. The van der Waals surface area contributed by atoms with Crippen LogP contribution in [0, 0.1) is 0 Å². The molecule has 1 nitrogen and oxygen atoms in total. The van der Waals surface area contributed by atoms with Gasteiger partial charge in [-0.05, 0) is 30.8 Å². The zero-order chi connectivity index (χ0) is 13.3. The number of hydrogen-bond donors (Lipinski definition) is 1. The van der Waals surface area contributed by atoms with Crippen LogP contribution in [-0.2, 0) is 0 Å². The summed E-state index contributed by atoms with van der Waals surface area (Å²) in [6.07, 6.45) is 0.